The Hall–Kier alpha value is -2.15. The minimum Gasteiger partial charge on any atom is -0.493 e. The predicted molar refractivity (Wildman–Crippen MR) is 107 cm³/mol. The van der Waals surface area contributed by atoms with Crippen LogP contribution in [0.5, 0.6) is 11.5 Å². The zero-order valence-corrected chi connectivity index (χ0v) is 16.2. The monoisotopic (exact) mass is 408 g/mol. The summed E-state index contributed by atoms with van der Waals surface area (Å²) in [5, 5.41) is 4.06. The summed E-state index contributed by atoms with van der Waals surface area (Å²) in [6.07, 6.45) is 1.76. The Labute approximate surface area is 165 Å². The lowest BCUT2D eigenvalue weighted by atomic mass is 10.2. The number of nitrogens with zero attached hydrogens (tertiary/aromatic N) is 1. The molecule has 0 unspecified atom stereocenters. The molecule has 0 saturated carbocycles. The van der Waals surface area contributed by atoms with E-state index in [0.29, 0.717) is 37.3 Å². The van der Waals surface area contributed by atoms with Crippen LogP contribution in [-0.4, -0.2) is 25.3 Å². The van der Waals surface area contributed by atoms with Crippen molar-refractivity contribution in [1.82, 2.24) is 5.32 Å². The van der Waals surface area contributed by atoms with Crippen molar-refractivity contribution in [3.05, 3.63) is 56.9 Å². The van der Waals surface area contributed by atoms with E-state index in [1.54, 1.807) is 50.6 Å². The van der Waals surface area contributed by atoms with Gasteiger partial charge in [-0.25, -0.2) is 4.99 Å². The van der Waals surface area contributed by atoms with E-state index in [-0.39, 0.29) is 5.91 Å². The summed E-state index contributed by atoms with van der Waals surface area (Å²) in [5.41, 5.74) is 1.42. The maximum atomic E-state index is 12.2. The van der Waals surface area contributed by atoms with Gasteiger partial charge in [-0.2, -0.15) is 0 Å². The van der Waals surface area contributed by atoms with Gasteiger partial charge >= 0.3 is 0 Å². The van der Waals surface area contributed by atoms with Crippen molar-refractivity contribution < 1.29 is 14.3 Å². The lowest BCUT2D eigenvalue weighted by Gasteiger charge is -2.07. The first kappa shape index (κ1) is 18.6. The minimum atomic E-state index is -0.219. The molecule has 2 aromatic carbocycles. The standard InChI is InChI=1S/C18H14Cl2N2O3S/c1-24-14-6-3-10(7-15(14)25-2)8-16-17(23)22-18(26-16)21-11-4-5-12(19)13(20)9-11/h3-9H,1-2H3,(H,21,22,23)/b16-8+. The van der Waals surface area contributed by atoms with Crippen molar-refractivity contribution in [3.8, 4) is 11.5 Å². The van der Waals surface area contributed by atoms with Gasteiger partial charge in [-0.1, -0.05) is 29.3 Å². The average molecular weight is 409 g/mol. The third-order valence-corrected chi connectivity index (χ3v) is 5.14. The van der Waals surface area contributed by atoms with Crippen LogP contribution in [0.25, 0.3) is 6.08 Å². The fraction of sp³-hybridized carbons (Fsp3) is 0.111. The van der Waals surface area contributed by atoms with Gasteiger partial charge in [0, 0.05) is 0 Å². The summed E-state index contributed by atoms with van der Waals surface area (Å²) < 4.78 is 10.5. The molecule has 1 saturated heterocycles. The van der Waals surface area contributed by atoms with E-state index in [1.807, 2.05) is 6.07 Å². The van der Waals surface area contributed by atoms with Crippen LogP contribution in [0.1, 0.15) is 5.56 Å². The molecule has 3 rings (SSSR count). The Morgan fingerprint density at radius 2 is 1.81 bits per heavy atom. The number of hydrogen-bond donors (Lipinski definition) is 1. The summed E-state index contributed by atoms with van der Waals surface area (Å²) >= 11 is 13.1. The van der Waals surface area contributed by atoms with Gasteiger partial charge in [-0.15, -0.1) is 0 Å². The first-order valence-electron chi connectivity index (χ1n) is 7.47. The van der Waals surface area contributed by atoms with Crippen molar-refractivity contribution in [1.29, 1.82) is 0 Å². The lowest BCUT2D eigenvalue weighted by Crippen LogP contribution is -2.19. The van der Waals surface area contributed by atoms with Gasteiger partial charge < -0.3 is 14.8 Å². The van der Waals surface area contributed by atoms with Gasteiger partial charge in [0.2, 0.25) is 0 Å². The highest BCUT2D eigenvalue weighted by molar-refractivity contribution is 8.18. The smallest absolute Gasteiger partial charge is 0.264 e. The number of benzene rings is 2. The fourth-order valence-corrected chi connectivity index (χ4v) is 3.38. The second kappa shape index (κ2) is 8.03. The van der Waals surface area contributed by atoms with Gasteiger partial charge in [-0.05, 0) is 53.7 Å². The van der Waals surface area contributed by atoms with Crippen molar-refractivity contribution in [3.63, 3.8) is 0 Å². The van der Waals surface area contributed by atoms with Crippen molar-refractivity contribution >= 4 is 57.8 Å². The van der Waals surface area contributed by atoms with Gasteiger partial charge in [0.1, 0.15) is 0 Å². The van der Waals surface area contributed by atoms with Crippen LogP contribution in [-0.2, 0) is 4.79 Å². The molecule has 2 aromatic rings. The molecule has 1 fully saturated rings. The number of carbonyl (C=O) groups excluding carboxylic acids is 1. The third-order valence-electron chi connectivity index (χ3n) is 3.49. The molecule has 134 valence electrons. The second-order valence-electron chi connectivity index (χ2n) is 5.19. The summed E-state index contributed by atoms with van der Waals surface area (Å²) in [6, 6.07) is 10.5. The number of amides is 1. The molecule has 1 heterocycles. The number of halogens is 2. The average Bonchev–Trinajstić information content (AvgIpc) is 2.97. The SMILES string of the molecule is COc1ccc(/C=C2/SC(=Nc3ccc(Cl)c(Cl)c3)NC2=O)cc1OC. The fourth-order valence-electron chi connectivity index (χ4n) is 2.25. The van der Waals surface area contributed by atoms with E-state index in [2.05, 4.69) is 10.3 Å². The van der Waals surface area contributed by atoms with E-state index in [1.165, 1.54) is 11.8 Å². The lowest BCUT2D eigenvalue weighted by molar-refractivity contribution is -0.115. The summed E-state index contributed by atoms with van der Waals surface area (Å²) in [5.74, 6) is 0.999. The molecule has 8 heteroatoms. The highest BCUT2D eigenvalue weighted by atomic mass is 35.5. The number of rotatable bonds is 4. The molecular formula is C18H14Cl2N2O3S. The zero-order valence-electron chi connectivity index (χ0n) is 13.9. The molecule has 1 amide bonds. The molecule has 1 N–H and O–H groups in total. The molecule has 1 aliphatic heterocycles. The molecule has 0 radical (unpaired) electrons. The largest absolute Gasteiger partial charge is 0.493 e. The van der Waals surface area contributed by atoms with E-state index >= 15 is 0 Å². The second-order valence-corrected chi connectivity index (χ2v) is 7.04. The van der Waals surface area contributed by atoms with Gasteiger partial charge in [0.15, 0.2) is 16.7 Å². The Kier molecular flexibility index (Phi) is 5.76. The van der Waals surface area contributed by atoms with Crippen molar-refractivity contribution in [2.75, 3.05) is 14.2 Å². The molecular weight excluding hydrogens is 395 g/mol. The summed E-state index contributed by atoms with van der Waals surface area (Å²) in [7, 11) is 3.13. The van der Waals surface area contributed by atoms with Crippen LogP contribution >= 0.6 is 35.0 Å². The van der Waals surface area contributed by atoms with Crippen LogP contribution in [0.3, 0.4) is 0 Å². The molecule has 0 spiro atoms. The Morgan fingerprint density at radius 3 is 2.50 bits per heavy atom. The molecule has 26 heavy (non-hydrogen) atoms. The van der Waals surface area contributed by atoms with Crippen molar-refractivity contribution in [2.24, 2.45) is 4.99 Å². The highest BCUT2D eigenvalue weighted by Gasteiger charge is 2.24. The van der Waals surface area contributed by atoms with Gasteiger partial charge in [0.05, 0.1) is 34.9 Å². The molecule has 0 aliphatic carbocycles. The normalized spacial score (nSPS) is 16.8. The molecule has 1 aliphatic rings. The number of methoxy groups -OCH3 is 2. The maximum absolute atomic E-state index is 12.2. The number of thioether (sulfide) groups is 1. The third kappa shape index (κ3) is 4.15. The van der Waals surface area contributed by atoms with Gasteiger partial charge in [0.25, 0.3) is 5.91 Å². The predicted octanol–water partition coefficient (Wildman–Crippen LogP) is 4.90. The Bertz CT molecular complexity index is 929. The minimum absolute atomic E-state index is 0.219. The number of carbonyl (C=O) groups is 1. The number of hydrogen-bond acceptors (Lipinski definition) is 5. The number of ether oxygens (including phenoxy) is 2. The highest BCUT2D eigenvalue weighted by Crippen LogP contribution is 2.33. The van der Waals surface area contributed by atoms with Crippen LogP contribution in [0.15, 0.2) is 46.3 Å². The molecule has 0 atom stereocenters. The van der Waals surface area contributed by atoms with E-state index in [0.717, 1.165) is 5.56 Å². The molecule has 5 nitrogen and oxygen atoms in total. The zero-order chi connectivity index (χ0) is 18.7. The van der Waals surface area contributed by atoms with Crippen LogP contribution < -0.4 is 14.8 Å². The Morgan fingerprint density at radius 1 is 1.04 bits per heavy atom. The van der Waals surface area contributed by atoms with Crippen LogP contribution in [0.4, 0.5) is 5.69 Å². The number of amidine groups is 1. The van der Waals surface area contributed by atoms with E-state index < -0.39 is 0 Å². The Balaban J connectivity index is 1.84. The quantitative estimate of drug-likeness (QED) is 0.730. The maximum Gasteiger partial charge on any atom is 0.264 e. The van der Waals surface area contributed by atoms with Crippen molar-refractivity contribution in [2.45, 2.75) is 0 Å². The number of nitrogens with one attached hydrogen (secondary N) is 1. The van der Waals surface area contributed by atoms with E-state index in [4.69, 9.17) is 32.7 Å². The molecule has 0 aromatic heterocycles. The summed E-state index contributed by atoms with van der Waals surface area (Å²) in [6.45, 7) is 0. The number of aliphatic imine (C=N–C) groups is 1. The first-order chi connectivity index (χ1) is 12.5. The van der Waals surface area contributed by atoms with Crippen LogP contribution in [0.2, 0.25) is 10.0 Å². The van der Waals surface area contributed by atoms with Gasteiger partial charge in [-0.3, -0.25) is 4.79 Å². The summed E-state index contributed by atoms with van der Waals surface area (Å²) in [4.78, 5) is 17.1. The topological polar surface area (TPSA) is 59.9 Å². The van der Waals surface area contributed by atoms with Crippen LogP contribution in [0, 0.1) is 0 Å². The van der Waals surface area contributed by atoms with E-state index in [9.17, 15) is 4.79 Å². The first-order valence-corrected chi connectivity index (χ1v) is 9.04. The molecule has 0 bridgehead atoms.